The van der Waals surface area contributed by atoms with Crippen molar-refractivity contribution < 1.29 is 117 Å². The van der Waals surface area contributed by atoms with Crippen LogP contribution in [0.2, 0.25) is 0 Å². The molecule has 141 heavy (non-hydrogen) atoms. The van der Waals surface area contributed by atoms with Crippen LogP contribution in [0.1, 0.15) is 230 Å². The van der Waals surface area contributed by atoms with Crippen molar-refractivity contribution in [3.63, 3.8) is 0 Å². The van der Waals surface area contributed by atoms with Crippen molar-refractivity contribution in [2.75, 3.05) is 46.1 Å². The second-order valence-corrected chi connectivity index (χ2v) is 38.0. The number of benzene rings is 2. The van der Waals surface area contributed by atoms with E-state index in [2.05, 4.69) is 109 Å². The Morgan fingerprint density at radius 1 is 0.454 bits per heavy atom. The highest BCUT2D eigenvalue weighted by Crippen LogP contribution is 2.23. The number of carbonyl (C=O) groups excluding carboxylic acids is 18. The molecule has 2 fully saturated rings. The zero-order valence-electron chi connectivity index (χ0n) is 84.1. The van der Waals surface area contributed by atoms with Gasteiger partial charge in [0.25, 0.3) is 0 Å². The Morgan fingerprint density at radius 3 is 1.45 bits per heavy atom. The van der Waals surface area contributed by atoms with Crippen molar-refractivity contribution >= 4 is 106 Å². The maximum atomic E-state index is 15.0. The lowest BCUT2D eigenvalue weighted by molar-refractivity contribution is -0.143. The summed E-state index contributed by atoms with van der Waals surface area (Å²) in [7, 11) is 0. The van der Waals surface area contributed by atoms with Gasteiger partial charge < -0.3 is 132 Å². The molecule has 2 aliphatic rings. The molecular formula is C98H159N19O24. The molecule has 0 aromatic heterocycles. The maximum Gasteiger partial charge on any atom is 0.246 e. The van der Waals surface area contributed by atoms with Crippen molar-refractivity contribution in [2.45, 2.75) is 347 Å². The van der Waals surface area contributed by atoms with Gasteiger partial charge in [0.15, 0.2) is 0 Å². The predicted octanol–water partition coefficient (Wildman–Crippen LogP) is -2.45. The molecular weight excluding hydrogens is 1830 g/mol. The van der Waals surface area contributed by atoms with E-state index in [-0.39, 0.29) is 103 Å². The Bertz CT molecular complexity index is 4400. The Balaban J connectivity index is 1.78. The number of unbranched alkanes of at least 4 members (excludes halogenated alkanes) is 6. The average molecular weight is 1990 g/mol. The summed E-state index contributed by atoms with van der Waals surface area (Å²) in [5.41, 5.74) is 6.97. The summed E-state index contributed by atoms with van der Waals surface area (Å²) in [6.07, 6.45) is 8.22. The van der Waals surface area contributed by atoms with Crippen LogP contribution in [0.5, 0.6) is 0 Å². The molecule has 0 bridgehead atoms. The second kappa shape index (κ2) is 64.0. The van der Waals surface area contributed by atoms with E-state index in [1.54, 1.807) is 130 Å². The van der Waals surface area contributed by atoms with Crippen LogP contribution in [0.4, 0.5) is 0 Å². The maximum absolute atomic E-state index is 15.0. The van der Waals surface area contributed by atoms with E-state index in [1.165, 1.54) is 18.7 Å². The number of aliphatic hydroxyl groups excluding tert-OH is 6. The third-order valence-corrected chi connectivity index (χ3v) is 24.5. The van der Waals surface area contributed by atoms with Crippen LogP contribution in [0.3, 0.4) is 0 Å². The summed E-state index contributed by atoms with van der Waals surface area (Å²) in [5, 5.41) is 108. The number of carbonyl (C=O) groups is 18. The lowest BCUT2D eigenvalue weighted by Gasteiger charge is -2.32. The fourth-order valence-corrected chi connectivity index (χ4v) is 15.8. The van der Waals surface area contributed by atoms with E-state index in [0.29, 0.717) is 30.4 Å². The molecule has 0 radical (unpaired) electrons. The van der Waals surface area contributed by atoms with Crippen molar-refractivity contribution in [3.8, 4) is 0 Å². The number of hydrogen-bond acceptors (Lipinski definition) is 25. The van der Waals surface area contributed by atoms with Crippen LogP contribution in [0, 0.1) is 29.6 Å². The highest BCUT2D eigenvalue weighted by Gasteiger charge is 2.44. The number of aliphatic hydroxyl groups is 6. The summed E-state index contributed by atoms with van der Waals surface area (Å²) < 4.78 is 0. The van der Waals surface area contributed by atoms with Gasteiger partial charge in [-0.1, -0.05) is 175 Å². The summed E-state index contributed by atoms with van der Waals surface area (Å²) in [6.45, 7) is 17.5. The van der Waals surface area contributed by atoms with E-state index in [1.807, 2.05) is 0 Å². The van der Waals surface area contributed by atoms with E-state index >= 15 is 0 Å². The third-order valence-electron chi connectivity index (χ3n) is 24.5. The van der Waals surface area contributed by atoms with Crippen LogP contribution < -0.4 is 96.1 Å². The minimum absolute atomic E-state index is 0.00711. The van der Waals surface area contributed by atoms with Crippen molar-refractivity contribution in [1.29, 1.82) is 0 Å². The van der Waals surface area contributed by atoms with E-state index in [9.17, 15) is 117 Å². The summed E-state index contributed by atoms with van der Waals surface area (Å²) in [4.78, 5) is 260. The zero-order valence-corrected chi connectivity index (χ0v) is 84.1. The van der Waals surface area contributed by atoms with Crippen molar-refractivity contribution in [3.05, 3.63) is 83.9 Å². The number of fused-ring (bicyclic) bond motifs is 1. The number of rotatable bonds is 36. The molecule has 2 saturated heterocycles. The Labute approximate surface area is 826 Å². The molecule has 2 heterocycles. The Hall–Kier alpha value is -11.6. The molecule has 18 amide bonds. The number of hydrogen-bond donors (Lipinski definition) is 24. The van der Waals surface area contributed by atoms with Gasteiger partial charge in [-0.05, 0) is 158 Å². The molecule has 43 heteroatoms. The summed E-state index contributed by atoms with van der Waals surface area (Å²) in [6, 6.07) is -9.56. The summed E-state index contributed by atoms with van der Waals surface area (Å²) in [5.74, 6) is -20.7. The molecule has 0 spiro atoms. The van der Waals surface area contributed by atoms with E-state index < -0.39 is 277 Å². The molecule has 2 aromatic rings. The molecule has 790 valence electrons. The van der Waals surface area contributed by atoms with Crippen molar-refractivity contribution in [2.24, 2.45) is 35.3 Å². The molecule has 2 aromatic carbocycles. The first-order valence-corrected chi connectivity index (χ1v) is 49.5. The standard InChI is InChI=1S/C98H159N19O24/c1-15-17-18-19-20-21-22-23-30-40-65(123)50-76(124)103-69(48-63-36-26-24-27-37-63)89(132)115-80(59(11)16-2)96(139)105-66-42-32-34-45-100-84(127)71(51-118)110-94(137)77(56(5)6)113-95(138)78(57(7)8)112-83(126)61(13)102-87(130)70(49-64-38-28-25-29-39-64)107-93(136)75-43-35-46-117(75)98(141)79(58(9)10)114-91(134)73(53-120)108-86(129)67(41-31-33-44-99)104-90(133)72(52-119)111-97(140)81(62(14)122)116-92(135)74(54-121)109-88(131)68(47-55(3)4)106-82(125)60(12)101-85(66)128/h21-22,24-29,36-39,55-62,65-75,77-81,118-123H,15-20,23,30-35,40-54,99H2,1-14H3,(H,100,127)(H,101,128)(H,102,130)(H,103,124)(H,104,133)(H,105,139)(H,106,125)(H,107,136)(H,108,129)(H,109,131)(H,110,137)(H,111,140)(H,112,126)(H,113,138)(H,114,134)(H,115,132)(H,116,135)/b22-21+. The van der Waals surface area contributed by atoms with Gasteiger partial charge in [0, 0.05) is 25.9 Å². The van der Waals surface area contributed by atoms with Crippen LogP contribution in [-0.4, -0.2) is 303 Å². The highest BCUT2D eigenvalue weighted by molar-refractivity contribution is 6.02. The van der Waals surface area contributed by atoms with Gasteiger partial charge in [-0.3, -0.25) is 86.3 Å². The van der Waals surface area contributed by atoms with Crippen molar-refractivity contribution in [1.82, 2.24) is 95.3 Å². The van der Waals surface area contributed by atoms with Crippen LogP contribution >= 0.6 is 0 Å². The fourth-order valence-electron chi connectivity index (χ4n) is 15.8. The molecule has 2 aliphatic heterocycles. The number of nitrogens with one attached hydrogen (secondary N) is 17. The van der Waals surface area contributed by atoms with Gasteiger partial charge in [0.1, 0.15) is 103 Å². The molecule has 20 unspecified atom stereocenters. The monoisotopic (exact) mass is 1990 g/mol. The number of allylic oxidation sites excluding steroid dienone is 2. The van der Waals surface area contributed by atoms with E-state index in [4.69, 9.17) is 5.73 Å². The van der Waals surface area contributed by atoms with Crippen LogP contribution in [0.15, 0.2) is 72.8 Å². The normalized spacial score (nSPS) is 25.1. The second-order valence-electron chi connectivity index (χ2n) is 38.0. The quantitative estimate of drug-likeness (QED) is 0.0249. The number of nitrogens with two attached hydrogens (primary N) is 1. The molecule has 4 rings (SSSR count). The molecule has 0 saturated carbocycles. The third kappa shape index (κ3) is 42.2. The minimum Gasteiger partial charge on any atom is -0.394 e. The molecule has 43 nitrogen and oxygen atoms in total. The largest absolute Gasteiger partial charge is 0.394 e. The first kappa shape index (κ1) is 122. The number of nitrogens with zero attached hydrogens (tertiary/aromatic N) is 1. The number of amides is 18. The first-order valence-electron chi connectivity index (χ1n) is 49.5. The van der Waals surface area contributed by atoms with Gasteiger partial charge in [0.2, 0.25) is 106 Å². The van der Waals surface area contributed by atoms with Crippen LogP contribution in [-0.2, 0) is 99.1 Å². The fraction of sp³-hybridized carbons (Fsp3) is 0.673. The minimum atomic E-state index is -2.03. The summed E-state index contributed by atoms with van der Waals surface area (Å²) >= 11 is 0. The molecule has 20 atom stereocenters. The van der Waals surface area contributed by atoms with Crippen LogP contribution in [0.25, 0.3) is 0 Å². The molecule has 25 N–H and O–H groups in total. The predicted molar refractivity (Wildman–Crippen MR) is 523 cm³/mol. The van der Waals surface area contributed by atoms with Gasteiger partial charge in [-0.2, -0.15) is 0 Å². The van der Waals surface area contributed by atoms with Gasteiger partial charge in [-0.25, -0.2) is 0 Å². The Morgan fingerprint density at radius 2 is 0.915 bits per heavy atom. The smallest absolute Gasteiger partial charge is 0.246 e. The molecule has 0 aliphatic carbocycles. The van der Waals surface area contributed by atoms with Gasteiger partial charge in [-0.15, -0.1) is 0 Å². The van der Waals surface area contributed by atoms with Gasteiger partial charge in [0.05, 0.1) is 45.1 Å². The van der Waals surface area contributed by atoms with Gasteiger partial charge >= 0.3 is 0 Å². The first-order chi connectivity index (χ1) is 66.9. The SMILES string of the molecule is CCCCCC/C=C/CCCC(O)CC(=O)NC(Cc1ccccc1)C(=O)NC(C(=O)NC1CCCCNC(=O)C(CO)NC(=O)C(C(C)C)NC(=O)C(C(C)C)NC(=O)C(C)NC(=O)C(Cc2ccccc2)NC(=O)C2CCCN2C(=O)C(C(C)C)NC(=O)C(CO)NC(=O)C(CCCCN)NC(=O)C(CO)NC(=O)C(C(C)O)NC(=O)C(CO)NC(=O)C(CC(C)C)NC(=O)C(C)NC1=O)C(C)CC. The lowest BCUT2D eigenvalue weighted by Crippen LogP contribution is -2.63. The average Bonchev–Trinajstić information content (AvgIpc) is 1.71. The lowest BCUT2D eigenvalue weighted by atomic mass is 9.96. The zero-order chi connectivity index (χ0) is 105. The highest BCUT2D eigenvalue weighted by atomic mass is 16.3. The van der Waals surface area contributed by atoms with E-state index in [0.717, 1.165) is 39.0 Å². The topological polar surface area (TPSA) is 662 Å². The Kier molecular flexibility index (Phi) is 55.2.